The first-order valence-corrected chi connectivity index (χ1v) is 3.66. The average Bonchev–Trinajstić information content (AvgIpc) is 2.30. The summed E-state index contributed by atoms with van der Waals surface area (Å²) in [6.45, 7) is -4.66. The molecule has 0 saturated carbocycles. The fourth-order valence-electron chi connectivity index (χ4n) is 0.931. The van der Waals surface area contributed by atoms with Crippen molar-refractivity contribution in [2.24, 2.45) is 7.05 Å². The molecule has 0 unspecified atom stereocenters. The molecule has 1 heterocycles. The van der Waals surface area contributed by atoms with E-state index in [0.717, 1.165) is 0 Å². The average molecular weight is 216 g/mol. The van der Waals surface area contributed by atoms with Gasteiger partial charge in [0.15, 0.2) is 0 Å². The minimum atomic E-state index is -4.66. The molecule has 0 saturated heterocycles. The normalized spacial score (nSPS) is 11.1. The van der Waals surface area contributed by atoms with Crippen molar-refractivity contribution in [3.05, 3.63) is 18.0 Å². The maximum absolute atomic E-state index is 11.8. The molecule has 13 heavy (non-hydrogen) atoms. The summed E-state index contributed by atoms with van der Waals surface area (Å²) in [7, 11) is 1.68. The molecule has 68 valence electrons. The third-order valence-corrected chi connectivity index (χ3v) is 1.52. The summed E-state index contributed by atoms with van der Waals surface area (Å²) in [6.07, 6.45) is 2.38. The molecule has 2 nitrogen and oxygen atoms in total. The summed E-state index contributed by atoms with van der Waals surface area (Å²) in [6, 6.07) is 0. The first kappa shape index (κ1) is 13.7. The van der Waals surface area contributed by atoms with Crippen LogP contribution in [-0.2, 0) is 13.5 Å². The molecule has 0 radical (unpaired) electrons. The molecular formula is C6H9BF3KN2. The van der Waals surface area contributed by atoms with Crippen LogP contribution in [0, 0.1) is 0 Å². The number of hydrogen-bond donors (Lipinski definition) is 0. The molecule has 0 aliphatic rings. The Morgan fingerprint density at radius 2 is 2.08 bits per heavy atom. The largest absolute Gasteiger partial charge is 1.00 e. The summed E-state index contributed by atoms with van der Waals surface area (Å²) in [5.74, 6) is 0. The zero-order valence-corrected chi connectivity index (χ0v) is 10.8. The van der Waals surface area contributed by atoms with E-state index in [4.69, 9.17) is 0 Å². The zero-order valence-electron chi connectivity index (χ0n) is 7.67. The summed E-state index contributed by atoms with van der Waals surface area (Å²) < 4.78 is 36.8. The van der Waals surface area contributed by atoms with Gasteiger partial charge in [0, 0.05) is 13.2 Å². The van der Waals surface area contributed by atoms with E-state index in [-0.39, 0.29) is 57.8 Å². The molecule has 0 aliphatic carbocycles. The molecule has 0 fully saturated rings. The summed E-state index contributed by atoms with van der Waals surface area (Å²) in [5, 5.41) is 3.77. The van der Waals surface area contributed by atoms with Crippen LogP contribution >= 0.6 is 0 Å². The van der Waals surface area contributed by atoms with Crippen molar-refractivity contribution in [1.29, 1.82) is 0 Å². The molecule has 0 aromatic carbocycles. The Morgan fingerprint density at radius 3 is 2.46 bits per heavy atom. The number of nitrogens with zero attached hydrogens (tertiary/aromatic N) is 2. The van der Waals surface area contributed by atoms with Crippen LogP contribution in [0.25, 0.3) is 0 Å². The molecule has 0 N–H and O–H groups in total. The second kappa shape index (κ2) is 5.55. The molecule has 0 atom stereocenters. The van der Waals surface area contributed by atoms with E-state index >= 15 is 0 Å². The predicted molar refractivity (Wildman–Crippen MR) is 40.8 cm³/mol. The van der Waals surface area contributed by atoms with Gasteiger partial charge in [0.05, 0.1) is 6.20 Å². The second-order valence-electron chi connectivity index (χ2n) is 2.77. The van der Waals surface area contributed by atoms with Gasteiger partial charge < -0.3 is 12.9 Å². The zero-order chi connectivity index (χ0) is 9.19. The van der Waals surface area contributed by atoms with Gasteiger partial charge in [-0.3, -0.25) is 4.68 Å². The molecule has 0 aliphatic heterocycles. The Labute approximate surface area is 117 Å². The first-order valence-electron chi connectivity index (χ1n) is 3.66. The van der Waals surface area contributed by atoms with Crippen LogP contribution in [0.1, 0.15) is 5.56 Å². The van der Waals surface area contributed by atoms with Crippen LogP contribution in [0.2, 0.25) is 6.32 Å². The summed E-state index contributed by atoms with van der Waals surface area (Å²) in [4.78, 5) is 0. The SMILES string of the molecule is Cn1cc(CC[B-](F)(F)F)cn1.[K+]. The van der Waals surface area contributed by atoms with E-state index in [9.17, 15) is 12.9 Å². The minimum Gasteiger partial charge on any atom is -0.449 e. The number of rotatable bonds is 3. The number of aryl methyl sites for hydroxylation is 2. The van der Waals surface area contributed by atoms with Gasteiger partial charge in [-0.2, -0.15) is 5.10 Å². The first-order chi connectivity index (χ1) is 5.47. The van der Waals surface area contributed by atoms with Gasteiger partial charge >= 0.3 is 58.4 Å². The molecule has 1 rings (SSSR count). The van der Waals surface area contributed by atoms with Crippen LogP contribution < -0.4 is 51.4 Å². The van der Waals surface area contributed by atoms with Crippen LogP contribution in [0.15, 0.2) is 12.4 Å². The molecule has 0 bridgehead atoms. The van der Waals surface area contributed by atoms with Crippen LogP contribution in [0.5, 0.6) is 0 Å². The van der Waals surface area contributed by atoms with E-state index in [2.05, 4.69) is 5.10 Å². The predicted octanol–water partition coefficient (Wildman–Crippen LogP) is -1.19. The van der Waals surface area contributed by atoms with E-state index in [0.29, 0.717) is 5.56 Å². The summed E-state index contributed by atoms with van der Waals surface area (Å²) >= 11 is 0. The van der Waals surface area contributed by atoms with Crippen molar-refractivity contribution in [2.75, 3.05) is 0 Å². The third kappa shape index (κ3) is 5.90. The molecule has 7 heteroatoms. The Bertz CT molecular complexity index is 261. The van der Waals surface area contributed by atoms with Crippen LogP contribution in [0.3, 0.4) is 0 Å². The Morgan fingerprint density at radius 1 is 1.46 bits per heavy atom. The van der Waals surface area contributed by atoms with Gasteiger partial charge in [-0.25, -0.2) is 0 Å². The fourth-order valence-corrected chi connectivity index (χ4v) is 0.931. The quantitative estimate of drug-likeness (QED) is 0.581. The van der Waals surface area contributed by atoms with E-state index < -0.39 is 13.3 Å². The van der Waals surface area contributed by atoms with E-state index in [1.165, 1.54) is 10.9 Å². The van der Waals surface area contributed by atoms with Crippen LogP contribution in [-0.4, -0.2) is 16.8 Å². The van der Waals surface area contributed by atoms with Gasteiger partial charge in [0.1, 0.15) is 0 Å². The maximum Gasteiger partial charge on any atom is 1.00 e. The molecule has 0 spiro atoms. The molecule has 1 aromatic heterocycles. The number of hydrogen-bond acceptors (Lipinski definition) is 1. The number of aromatic nitrogens is 2. The monoisotopic (exact) mass is 216 g/mol. The Balaban J connectivity index is 0.00000144. The molecule has 1 aromatic rings. The smallest absolute Gasteiger partial charge is 0.449 e. The third-order valence-electron chi connectivity index (χ3n) is 1.52. The Hall–Kier alpha value is 0.701. The van der Waals surface area contributed by atoms with Crippen molar-refractivity contribution < 1.29 is 64.3 Å². The van der Waals surface area contributed by atoms with Crippen molar-refractivity contribution in [3.8, 4) is 0 Å². The van der Waals surface area contributed by atoms with Crippen molar-refractivity contribution in [1.82, 2.24) is 9.78 Å². The van der Waals surface area contributed by atoms with Gasteiger partial charge in [-0.05, 0) is 12.0 Å². The Kier molecular flexibility index (Phi) is 5.85. The topological polar surface area (TPSA) is 17.8 Å². The van der Waals surface area contributed by atoms with Crippen LogP contribution in [0.4, 0.5) is 12.9 Å². The van der Waals surface area contributed by atoms with E-state index in [1.807, 2.05) is 0 Å². The van der Waals surface area contributed by atoms with E-state index in [1.54, 1.807) is 13.2 Å². The van der Waals surface area contributed by atoms with Gasteiger partial charge in [-0.1, -0.05) is 6.32 Å². The van der Waals surface area contributed by atoms with Crippen molar-refractivity contribution >= 4 is 6.98 Å². The standard InChI is InChI=1S/C6H9BF3N2.K/c1-12-5-6(4-11-12)2-3-7(8,9)10;/h4-5H,2-3H2,1H3;/q-1;+1. The van der Waals surface area contributed by atoms with Gasteiger partial charge in [0.2, 0.25) is 0 Å². The number of halogens is 3. The molecular weight excluding hydrogens is 207 g/mol. The fraction of sp³-hybridized carbons (Fsp3) is 0.500. The second-order valence-corrected chi connectivity index (χ2v) is 2.77. The maximum atomic E-state index is 11.8. The van der Waals surface area contributed by atoms with Crippen molar-refractivity contribution in [3.63, 3.8) is 0 Å². The summed E-state index contributed by atoms with van der Waals surface area (Å²) in [5.41, 5.74) is 0.636. The van der Waals surface area contributed by atoms with Crippen molar-refractivity contribution in [2.45, 2.75) is 12.7 Å². The molecule has 0 amide bonds. The van der Waals surface area contributed by atoms with Gasteiger partial charge in [-0.15, -0.1) is 0 Å². The van der Waals surface area contributed by atoms with Gasteiger partial charge in [0.25, 0.3) is 0 Å². The minimum absolute atomic E-state index is 0.